The van der Waals surface area contributed by atoms with Crippen molar-refractivity contribution >= 4 is 10.3 Å². The lowest BCUT2D eigenvalue weighted by Gasteiger charge is -2.20. The van der Waals surface area contributed by atoms with Crippen LogP contribution in [0.5, 0.6) is 0 Å². The van der Waals surface area contributed by atoms with Crippen LogP contribution in [0.15, 0.2) is 0 Å². The molecule has 0 aromatic heterocycles. The van der Waals surface area contributed by atoms with E-state index in [0.717, 1.165) is 25.7 Å². The van der Waals surface area contributed by atoms with Crippen molar-refractivity contribution < 1.29 is 23.9 Å². The quantitative estimate of drug-likeness (QED) is 0.576. The van der Waals surface area contributed by atoms with Gasteiger partial charge in [-0.15, -0.1) is 0 Å². The number of hydrogen-bond donors (Lipinski definition) is 2. The Kier molecular flexibility index (Phi) is 7.37. The zero-order valence-electron chi connectivity index (χ0n) is 7.28. The van der Waals surface area contributed by atoms with Crippen molar-refractivity contribution in [1.29, 1.82) is 0 Å². The molecule has 0 unspecified atom stereocenters. The van der Waals surface area contributed by atoms with Crippen molar-refractivity contribution in [3.05, 3.63) is 0 Å². The first-order valence-corrected chi connectivity index (χ1v) is 5.27. The molecular weight excluding hydrogens is 198 g/mol. The molecule has 82 valence electrons. The summed E-state index contributed by atoms with van der Waals surface area (Å²) in [6, 6.07) is -0.0428. The third-order valence-corrected chi connectivity index (χ3v) is 2.55. The highest BCUT2D eigenvalue weighted by Gasteiger charge is 2.17. The molecule has 1 rings (SSSR count). The van der Waals surface area contributed by atoms with Gasteiger partial charge < -0.3 is 11.0 Å². The smallest absolute Gasteiger partial charge is 0.333 e. The van der Waals surface area contributed by atoms with Gasteiger partial charge in [-0.05, 0) is 12.8 Å². The first-order chi connectivity index (χ1) is 5.08. The van der Waals surface area contributed by atoms with Crippen LogP contribution in [-0.2, 0) is 10.3 Å². The van der Waals surface area contributed by atoms with Gasteiger partial charge in [-0.1, -0.05) is 19.3 Å². The van der Waals surface area contributed by atoms with Gasteiger partial charge in [0.15, 0.2) is 0 Å². The molecule has 13 heavy (non-hydrogen) atoms. The van der Waals surface area contributed by atoms with Crippen LogP contribution >= 0.6 is 0 Å². The minimum Gasteiger partial charge on any atom is -0.412 e. The van der Waals surface area contributed by atoms with E-state index >= 15 is 0 Å². The molecule has 6 N–H and O–H groups in total. The summed E-state index contributed by atoms with van der Waals surface area (Å²) in [6.07, 6.45) is 4.96. The second kappa shape index (κ2) is 6.28. The van der Waals surface area contributed by atoms with Crippen molar-refractivity contribution in [3.63, 3.8) is 0 Å². The molecule has 0 aromatic rings. The molecule has 1 aliphatic carbocycles. The molecule has 1 saturated carbocycles. The van der Waals surface area contributed by atoms with Crippen molar-refractivity contribution in [2.75, 3.05) is 0 Å². The fourth-order valence-electron chi connectivity index (χ4n) is 1.43. The lowest BCUT2D eigenvalue weighted by atomic mass is 9.96. The fourth-order valence-corrected chi connectivity index (χ4v) is 2.09. The summed E-state index contributed by atoms with van der Waals surface area (Å²) in [5.74, 6) is 0. The Morgan fingerprint density at radius 3 is 1.92 bits per heavy atom. The Bertz CT molecular complexity index is 209. The van der Waals surface area contributed by atoms with Crippen molar-refractivity contribution in [1.82, 2.24) is 4.72 Å². The van der Waals surface area contributed by atoms with Gasteiger partial charge in [0.05, 0.1) is 0 Å². The maximum absolute atomic E-state index is 10.3. The number of hydrogen-bond acceptors (Lipinski definition) is 2. The van der Waals surface area contributed by atoms with E-state index in [1.165, 1.54) is 6.42 Å². The molecule has 0 aromatic carbocycles. The second-order valence-corrected chi connectivity index (χ2v) is 4.11. The van der Waals surface area contributed by atoms with E-state index in [-0.39, 0.29) is 17.0 Å². The maximum atomic E-state index is 10.3. The van der Waals surface area contributed by atoms with E-state index in [4.69, 9.17) is 4.55 Å². The predicted octanol–water partition coefficient (Wildman–Crippen LogP) is -0.938. The minimum atomic E-state index is -3.97. The van der Waals surface area contributed by atoms with Crippen LogP contribution in [0.1, 0.15) is 32.1 Å². The highest BCUT2D eigenvalue weighted by molar-refractivity contribution is 7.83. The molecule has 0 radical (unpaired) electrons. The SMILES string of the molecule is O.O.O=S(=O)(O)NC1CCCCC1. The van der Waals surface area contributed by atoms with Gasteiger partial charge in [0, 0.05) is 6.04 Å². The van der Waals surface area contributed by atoms with Crippen LogP contribution < -0.4 is 4.72 Å². The highest BCUT2D eigenvalue weighted by atomic mass is 32.2. The van der Waals surface area contributed by atoms with Crippen molar-refractivity contribution in [2.45, 2.75) is 38.1 Å². The largest absolute Gasteiger partial charge is 0.412 e. The molecule has 0 bridgehead atoms. The van der Waals surface area contributed by atoms with Gasteiger partial charge in [0.1, 0.15) is 0 Å². The molecule has 0 atom stereocenters. The van der Waals surface area contributed by atoms with Gasteiger partial charge in [-0.3, -0.25) is 4.55 Å². The van der Waals surface area contributed by atoms with Crippen LogP contribution in [0, 0.1) is 0 Å². The third kappa shape index (κ3) is 6.91. The summed E-state index contributed by atoms with van der Waals surface area (Å²) in [4.78, 5) is 0. The highest BCUT2D eigenvalue weighted by Crippen LogP contribution is 2.17. The van der Waals surface area contributed by atoms with Gasteiger partial charge in [-0.25, -0.2) is 0 Å². The fraction of sp³-hybridized carbons (Fsp3) is 1.00. The lowest BCUT2D eigenvalue weighted by Crippen LogP contribution is -2.35. The first kappa shape index (κ1) is 15.3. The topological polar surface area (TPSA) is 129 Å². The molecule has 6 nitrogen and oxygen atoms in total. The molecular formula is C6H17NO5S. The maximum Gasteiger partial charge on any atom is 0.333 e. The molecule has 1 fully saturated rings. The summed E-state index contributed by atoms with van der Waals surface area (Å²) >= 11 is 0. The van der Waals surface area contributed by atoms with Crippen molar-refractivity contribution in [2.24, 2.45) is 0 Å². The zero-order valence-corrected chi connectivity index (χ0v) is 8.10. The van der Waals surface area contributed by atoms with Crippen LogP contribution in [0.4, 0.5) is 0 Å². The second-order valence-electron chi connectivity index (χ2n) is 2.93. The van der Waals surface area contributed by atoms with E-state index in [9.17, 15) is 8.42 Å². The predicted molar refractivity (Wildman–Crippen MR) is 48.8 cm³/mol. The zero-order chi connectivity index (χ0) is 8.32. The number of nitrogens with one attached hydrogen (secondary N) is 1. The van der Waals surface area contributed by atoms with E-state index in [0.29, 0.717) is 0 Å². The number of rotatable bonds is 2. The lowest BCUT2D eigenvalue weighted by molar-refractivity contribution is 0.389. The van der Waals surface area contributed by atoms with Gasteiger partial charge in [0.2, 0.25) is 0 Å². The van der Waals surface area contributed by atoms with Gasteiger partial charge in [0.25, 0.3) is 0 Å². The summed E-state index contributed by atoms with van der Waals surface area (Å²) in [6.45, 7) is 0. The van der Waals surface area contributed by atoms with Crippen LogP contribution in [-0.4, -0.2) is 30.0 Å². The Morgan fingerprint density at radius 1 is 1.08 bits per heavy atom. The van der Waals surface area contributed by atoms with Crippen LogP contribution in [0.25, 0.3) is 0 Å². The molecule has 0 amide bonds. The van der Waals surface area contributed by atoms with Gasteiger partial charge >= 0.3 is 10.3 Å². The molecule has 0 heterocycles. The average molecular weight is 215 g/mol. The van der Waals surface area contributed by atoms with Gasteiger partial charge in [-0.2, -0.15) is 13.1 Å². The molecule has 7 heteroatoms. The molecule has 0 aliphatic heterocycles. The monoisotopic (exact) mass is 215 g/mol. The summed E-state index contributed by atoms with van der Waals surface area (Å²) in [7, 11) is -3.97. The summed E-state index contributed by atoms with van der Waals surface area (Å²) in [5, 5.41) is 0. The Hall–Kier alpha value is -0.210. The standard InChI is InChI=1S/C6H13NO3S.2H2O/c8-11(9,10)7-6-4-2-1-3-5-6;;/h6-7H,1-5H2,(H,8,9,10);2*1H2. The van der Waals surface area contributed by atoms with Crippen LogP contribution in [0.3, 0.4) is 0 Å². The molecule has 0 spiro atoms. The van der Waals surface area contributed by atoms with Crippen molar-refractivity contribution in [3.8, 4) is 0 Å². The molecule has 0 saturated heterocycles. The van der Waals surface area contributed by atoms with E-state index in [1.54, 1.807) is 0 Å². The third-order valence-electron chi connectivity index (χ3n) is 1.92. The summed E-state index contributed by atoms with van der Waals surface area (Å²) in [5.41, 5.74) is 0. The normalized spacial score (nSPS) is 18.5. The minimum absolute atomic E-state index is 0. The Labute approximate surface area is 77.8 Å². The van der Waals surface area contributed by atoms with E-state index in [2.05, 4.69) is 4.72 Å². The molecule has 1 aliphatic rings. The van der Waals surface area contributed by atoms with E-state index in [1.807, 2.05) is 0 Å². The first-order valence-electron chi connectivity index (χ1n) is 3.83. The Balaban J connectivity index is 0. The Morgan fingerprint density at radius 2 is 1.54 bits per heavy atom. The average Bonchev–Trinajstić information content (AvgIpc) is 1.85. The van der Waals surface area contributed by atoms with E-state index < -0.39 is 10.3 Å². The summed E-state index contributed by atoms with van der Waals surface area (Å²) < 4.78 is 31.3. The van der Waals surface area contributed by atoms with Crippen LogP contribution in [0.2, 0.25) is 0 Å².